The molecular weight excluding hydrogens is 226 g/mol. The molecule has 3 heteroatoms. The molecule has 0 aliphatic rings. The summed E-state index contributed by atoms with van der Waals surface area (Å²) in [7, 11) is 1.59. The molecule has 2 aromatic rings. The molecule has 1 N–H and O–H groups in total. The van der Waals surface area contributed by atoms with E-state index in [0.717, 1.165) is 11.1 Å². The van der Waals surface area contributed by atoms with Gasteiger partial charge in [0.2, 0.25) is 0 Å². The molecule has 1 amide bonds. The molecule has 0 atom stereocenters. The van der Waals surface area contributed by atoms with Gasteiger partial charge in [-0.1, -0.05) is 60.7 Å². The van der Waals surface area contributed by atoms with Crippen molar-refractivity contribution in [2.45, 2.75) is 6.04 Å². The Morgan fingerprint density at radius 2 is 1.33 bits per heavy atom. The van der Waals surface area contributed by atoms with E-state index in [0.29, 0.717) is 0 Å². The third-order valence-corrected chi connectivity index (χ3v) is 2.92. The van der Waals surface area contributed by atoms with Gasteiger partial charge in [-0.05, 0) is 11.1 Å². The molecule has 2 rings (SSSR count). The summed E-state index contributed by atoms with van der Waals surface area (Å²) >= 11 is 0. The van der Waals surface area contributed by atoms with Gasteiger partial charge in [-0.25, -0.2) is 4.79 Å². The second-order valence-corrected chi connectivity index (χ2v) is 4.12. The molecule has 0 saturated carbocycles. The number of benzene rings is 2. The molecular formula is C15H15NO2. The molecule has 92 valence electrons. The number of rotatable bonds is 3. The summed E-state index contributed by atoms with van der Waals surface area (Å²) in [5.41, 5.74) is 1.93. The number of hydrogen-bond donors (Lipinski definition) is 1. The van der Waals surface area contributed by atoms with Crippen LogP contribution in [0.3, 0.4) is 0 Å². The summed E-state index contributed by atoms with van der Waals surface area (Å²) in [6, 6.07) is 19.0. The van der Waals surface area contributed by atoms with Crippen molar-refractivity contribution < 1.29 is 9.90 Å². The summed E-state index contributed by atoms with van der Waals surface area (Å²) in [5.74, 6) is 0. The zero-order chi connectivity index (χ0) is 13.0. The second-order valence-electron chi connectivity index (χ2n) is 4.12. The lowest BCUT2D eigenvalue weighted by Crippen LogP contribution is -2.30. The van der Waals surface area contributed by atoms with Crippen molar-refractivity contribution in [3.8, 4) is 0 Å². The molecule has 0 unspecified atom stereocenters. The number of carboxylic acid groups (broad SMARTS) is 1. The van der Waals surface area contributed by atoms with E-state index in [1.807, 2.05) is 60.7 Å². The van der Waals surface area contributed by atoms with Crippen molar-refractivity contribution in [3.05, 3.63) is 71.8 Å². The molecule has 0 spiro atoms. The Labute approximate surface area is 106 Å². The van der Waals surface area contributed by atoms with E-state index in [9.17, 15) is 9.90 Å². The van der Waals surface area contributed by atoms with Gasteiger partial charge in [0.1, 0.15) is 0 Å². The van der Waals surface area contributed by atoms with Crippen LogP contribution in [0.25, 0.3) is 0 Å². The van der Waals surface area contributed by atoms with E-state index in [4.69, 9.17) is 0 Å². The molecule has 0 aromatic heterocycles. The molecule has 0 saturated heterocycles. The minimum Gasteiger partial charge on any atom is -0.465 e. The van der Waals surface area contributed by atoms with Crippen molar-refractivity contribution in [2.75, 3.05) is 7.05 Å². The van der Waals surface area contributed by atoms with Crippen LogP contribution in [-0.4, -0.2) is 23.1 Å². The molecule has 0 aliphatic carbocycles. The fraction of sp³-hybridized carbons (Fsp3) is 0.133. The van der Waals surface area contributed by atoms with Crippen LogP contribution in [0.2, 0.25) is 0 Å². The number of nitrogens with zero attached hydrogens (tertiary/aromatic N) is 1. The van der Waals surface area contributed by atoms with Crippen molar-refractivity contribution >= 4 is 6.09 Å². The summed E-state index contributed by atoms with van der Waals surface area (Å²) in [5, 5.41) is 9.20. The lowest BCUT2D eigenvalue weighted by Gasteiger charge is -2.26. The molecule has 2 aromatic carbocycles. The van der Waals surface area contributed by atoms with Crippen LogP contribution < -0.4 is 0 Å². The van der Waals surface area contributed by atoms with E-state index in [1.54, 1.807) is 7.05 Å². The number of amides is 1. The van der Waals surface area contributed by atoms with Crippen LogP contribution in [0.5, 0.6) is 0 Å². The fourth-order valence-corrected chi connectivity index (χ4v) is 2.02. The van der Waals surface area contributed by atoms with Crippen molar-refractivity contribution in [1.29, 1.82) is 0 Å². The SMILES string of the molecule is CN(C(=O)O)C(c1ccccc1)c1ccccc1. The molecule has 0 heterocycles. The van der Waals surface area contributed by atoms with Gasteiger partial charge in [-0.2, -0.15) is 0 Å². The lowest BCUT2D eigenvalue weighted by molar-refractivity contribution is 0.145. The van der Waals surface area contributed by atoms with Crippen LogP contribution in [0.1, 0.15) is 17.2 Å². The first-order valence-corrected chi connectivity index (χ1v) is 5.76. The quantitative estimate of drug-likeness (QED) is 0.894. The maximum Gasteiger partial charge on any atom is 0.407 e. The summed E-state index contributed by atoms with van der Waals surface area (Å²) in [6.45, 7) is 0. The average molecular weight is 241 g/mol. The van der Waals surface area contributed by atoms with Crippen molar-refractivity contribution in [2.24, 2.45) is 0 Å². The van der Waals surface area contributed by atoms with Gasteiger partial charge in [-0.15, -0.1) is 0 Å². The minimum atomic E-state index is -0.937. The predicted molar refractivity (Wildman–Crippen MR) is 70.5 cm³/mol. The topological polar surface area (TPSA) is 40.5 Å². The van der Waals surface area contributed by atoms with Gasteiger partial charge < -0.3 is 10.0 Å². The van der Waals surface area contributed by atoms with Crippen LogP contribution in [-0.2, 0) is 0 Å². The largest absolute Gasteiger partial charge is 0.465 e. The predicted octanol–water partition coefficient (Wildman–Crippen LogP) is 3.39. The van der Waals surface area contributed by atoms with E-state index in [1.165, 1.54) is 4.90 Å². The minimum absolute atomic E-state index is 0.273. The Morgan fingerprint density at radius 1 is 0.944 bits per heavy atom. The van der Waals surface area contributed by atoms with E-state index >= 15 is 0 Å². The van der Waals surface area contributed by atoms with Gasteiger partial charge >= 0.3 is 6.09 Å². The molecule has 0 fully saturated rings. The van der Waals surface area contributed by atoms with Crippen LogP contribution in [0.15, 0.2) is 60.7 Å². The van der Waals surface area contributed by atoms with Crippen LogP contribution in [0.4, 0.5) is 4.79 Å². The third kappa shape index (κ3) is 2.51. The van der Waals surface area contributed by atoms with E-state index in [2.05, 4.69) is 0 Å². The standard InChI is InChI=1S/C15H15NO2/c1-16(15(17)18)14(12-8-4-2-5-9-12)13-10-6-3-7-11-13/h2-11,14H,1H3,(H,17,18). The fourth-order valence-electron chi connectivity index (χ4n) is 2.02. The number of hydrogen-bond acceptors (Lipinski definition) is 1. The lowest BCUT2D eigenvalue weighted by atomic mass is 9.98. The first kappa shape index (κ1) is 12.2. The average Bonchev–Trinajstić information content (AvgIpc) is 2.41. The second kappa shape index (κ2) is 5.36. The van der Waals surface area contributed by atoms with E-state index < -0.39 is 6.09 Å². The Kier molecular flexibility index (Phi) is 3.63. The van der Waals surface area contributed by atoms with Gasteiger partial charge in [-0.3, -0.25) is 0 Å². The molecule has 0 radical (unpaired) electrons. The molecule has 0 bridgehead atoms. The zero-order valence-corrected chi connectivity index (χ0v) is 10.2. The number of carbonyl (C=O) groups is 1. The molecule has 0 aliphatic heterocycles. The normalized spacial score (nSPS) is 10.3. The Hall–Kier alpha value is -2.29. The first-order chi connectivity index (χ1) is 8.70. The van der Waals surface area contributed by atoms with Crippen molar-refractivity contribution in [1.82, 2.24) is 4.90 Å². The van der Waals surface area contributed by atoms with Gasteiger partial charge in [0.05, 0.1) is 6.04 Å². The highest BCUT2D eigenvalue weighted by Gasteiger charge is 2.22. The van der Waals surface area contributed by atoms with E-state index in [-0.39, 0.29) is 6.04 Å². The smallest absolute Gasteiger partial charge is 0.407 e. The Balaban J connectivity index is 2.45. The van der Waals surface area contributed by atoms with Crippen LogP contribution >= 0.6 is 0 Å². The zero-order valence-electron chi connectivity index (χ0n) is 10.2. The maximum atomic E-state index is 11.2. The Bertz CT molecular complexity index is 471. The van der Waals surface area contributed by atoms with Gasteiger partial charge in [0, 0.05) is 7.05 Å². The molecule has 18 heavy (non-hydrogen) atoms. The van der Waals surface area contributed by atoms with Gasteiger partial charge in [0.15, 0.2) is 0 Å². The highest BCUT2D eigenvalue weighted by Crippen LogP contribution is 2.27. The molecule has 3 nitrogen and oxygen atoms in total. The summed E-state index contributed by atoms with van der Waals surface area (Å²) in [6.07, 6.45) is -0.937. The van der Waals surface area contributed by atoms with Crippen molar-refractivity contribution in [3.63, 3.8) is 0 Å². The maximum absolute atomic E-state index is 11.2. The third-order valence-electron chi connectivity index (χ3n) is 2.92. The highest BCUT2D eigenvalue weighted by molar-refractivity contribution is 5.66. The highest BCUT2D eigenvalue weighted by atomic mass is 16.4. The van der Waals surface area contributed by atoms with Crippen LogP contribution in [0, 0.1) is 0 Å². The summed E-state index contributed by atoms with van der Waals surface area (Å²) < 4.78 is 0. The summed E-state index contributed by atoms with van der Waals surface area (Å²) in [4.78, 5) is 12.5. The van der Waals surface area contributed by atoms with Gasteiger partial charge in [0.25, 0.3) is 0 Å². The monoisotopic (exact) mass is 241 g/mol. The Morgan fingerprint density at radius 3 is 1.67 bits per heavy atom. The first-order valence-electron chi connectivity index (χ1n) is 5.76.